The van der Waals surface area contributed by atoms with E-state index in [4.69, 9.17) is 4.42 Å². The third-order valence-corrected chi connectivity index (χ3v) is 5.20. The fourth-order valence-electron chi connectivity index (χ4n) is 3.17. The summed E-state index contributed by atoms with van der Waals surface area (Å²) in [5.41, 5.74) is 5.02. The summed E-state index contributed by atoms with van der Waals surface area (Å²) < 4.78 is 7.58. The molecule has 0 aliphatic heterocycles. The van der Waals surface area contributed by atoms with Crippen molar-refractivity contribution < 1.29 is 4.42 Å². The Balaban J connectivity index is 1.52. The maximum atomic E-state index is 5.91. The van der Waals surface area contributed by atoms with Crippen molar-refractivity contribution in [3.05, 3.63) is 72.1 Å². The zero-order valence-corrected chi connectivity index (χ0v) is 16.6. The molecule has 0 unspecified atom stereocenters. The zero-order valence-electron chi connectivity index (χ0n) is 15.8. The van der Waals surface area contributed by atoms with Gasteiger partial charge in [-0.1, -0.05) is 47.5 Å². The van der Waals surface area contributed by atoms with Gasteiger partial charge < -0.3 is 4.42 Å². The quantitative estimate of drug-likeness (QED) is 0.407. The second-order valence-electron chi connectivity index (χ2n) is 6.67. The van der Waals surface area contributed by atoms with E-state index in [9.17, 15) is 0 Å². The highest BCUT2D eigenvalue weighted by atomic mass is 32.2. The van der Waals surface area contributed by atoms with Crippen LogP contribution in [0.5, 0.6) is 0 Å². The van der Waals surface area contributed by atoms with Crippen LogP contribution >= 0.6 is 11.8 Å². The molecule has 0 fully saturated rings. The minimum Gasteiger partial charge on any atom is -0.411 e. The third kappa shape index (κ3) is 3.50. The highest BCUT2D eigenvalue weighted by Crippen LogP contribution is 2.31. The summed E-state index contributed by atoms with van der Waals surface area (Å²) in [7, 11) is 0. The summed E-state index contributed by atoms with van der Waals surface area (Å²) in [4.78, 5) is 8.83. The van der Waals surface area contributed by atoms with E-state index in [1.165, 1.54) is 18.1 Å². The van der Waals surface area contributed by atoms with Gasteiger partial charge in [0, 0.05) is 11.1 Å². The molecule has 3 heterocycles. The Kier molecular flexibility index (Phi) is 4.33. The molecular weight excluding hydrogens is 384 g/mol. The van der Waals surface area contributed by atoms with Crippen molar-refractivity contribution in [1.29, 1.82) is 0 Å². The molecule has 0 aliphatic rings. The average molecular weight is 400 g/mol. The molecule has 7 nitrogen and oxygen atoms in total. The van der Waals surface area contributed by atoms with Crippen LogP contribution in [0.1, 0.15) is 11.1 Å². The van der Waals surface area contributed by atoms with E-state index in [0.717, 1.165) is 33.0 Å². The Morgan fingerprint density at radius 2 is 1.69 bits per heavy atom. The van der Waals surface area contributed by atoms with Crippen LogP contribution in [-0.2, 0) is 0 Å². The first-order valence-corrected chi connectivity index (χ1v) is 9.83. The van der Waals surface area contributed by atoms with Crippen molar-refractivity contribution in [2.24, 2.45) is 0 Å². The normalized spacial score (nSPS) is 11.2. The van der Waals surface area contributed by atoms with Crippen molar-refractivity contribution in [1.82, 2.24) is 29.8 Å². The van der Waals surface area contributed by atoms with Gasteiger partial charge in [0.1, 0.15) is 11.4 Å². The predicted octanol–water partition coefficient (Wildman–Crippen LogP) is 4.61. The monoisotopic (exact) mass is 400 g/mol. The molecule has 3 aromatic heterocycles. The van der Waals surface area contributed by atoms with E-state index in [-0.39, 0.29) is 0 Å². The van der Waals surface area contributed by atoms with Crippen LogP contribution in [-0.4, -0.2) is 29.8 Å². The minimum absolute atomic E-state index is 0.432. The molecule has 5 aromatic rings. The van der Waals surface area contributed by atoms with Crippen molar-refractivity contribution >= 4 is 17.5 Å². The first-order chi connectivity index (χ1) is 14.2. The minimum atomic E-state index is 0.432. The molecule has 2 aromatic carbocycles. The topological polar surface area (TPSA) is 82.0 Å². The van der Waals surface area contributed by atoms with E-state index >= 15 is 0 Å². The van der Waals surface area contributed by atoms with Crippen LogP contribution in [0, 0.1) is 13.8 Å². The average Bonchev–Trinajstić information content (AvgIpc) is 3.37. The number of hydrogen-bond donors (Lipinski definition) is 0. The second-order valence-corrected chi connectivity index (χ2v) is 7.64. The van der Waals surface area contributed by atoms with Crippen LogP contribution in [0.2, 0.25) is 0 Å². The van der Waals surface area contributed by atoms with Gasteiger partial charge in [-0.25, -0.2) is 4.98 Å². The van der Waals surface area contributed by atoms with Crippen LogP contribution in [0.4, 0.5) is 0 Å². The van der Waals surface area contributed by atoms with Gasteiger partial charge in [-0.15, -0.1) is 10.2 Å². The summed E-state index contributed by atoms with van der Waals surface area (Å²) in [6.45, 7) is 4.10. The molecule has 0 spiro atoms. The van der Waals surface area contributed by atoms with Gasteiger partial charge in [-0.2, -0.15) is 14.6 Å². The number of aromatic nitrogens is 6. The smallest absolute Gasteiger partial charge is 0.283 e. The van der Waals surface area contributed by atoms with E-state index in [0.29, 0.717) is 16.9 Å². The number of hydrogen-bond acceptors (Lipinski definition) is 7. The van der Waals surface area contributed by atoms with Crippen LogP contribution < -0.4 is 0 Å². The highest BCUT2D eigenvalue weighted by molar-refractivity contribution is 7.99. The molecule has 0 saturated carbocycles. The molecule has 0 aliphatic carbocycles. The van der Waals surface area contributed by atoms with Crippen LogP contribution in [0.15, 0.2) is 75.6 Å². The van der Waals surface area contributed by atoms with Crippen LogP contribution in [0.3, 0.4) is 0 Å². The van der Waals surface area contributed by atoms with E-state index in [1.54, 1.807) is 4.52 Å². The Hall–Kier alpha value is -3.52. The Bertz CT molecular complexity index is 1290. The molecule has 0 radical (unpaired) electrons. The number of benzene rings is 2. The molecule has 0 atom stereocenters. The molecule has 0 saturated heterocycles. The number of nitrogens with zero attached hydrogens (tertiary/aromatic N) is 6. The molecule has 0 amide bonds. The first-order valence-electron chi connectivity index (χ1n) is 9.02. The van der Waals surface area contributed by atoms with E-state index < -0.39 is 0 Å². The van der Waals surface area contributed by atoms with Crippen molar-refractivity contribution in [3.63, 3.8) is 0 Å². The predicted molar refractivity (Wildman–Crippen MR) is 110 cm³/mol. The standard InChI is InChI=1S/C21H16N6OS/c1-13-8-14(2)10-16(9-13)19-25-26-21(28-19)29-18-11-17(15-6-4-3-5-7-15)24-20-22-12-23-27(18)20/h3-12H,1-2H3. The molecule has 0 bridgehead atoms. The lowest BCUT2D eigenvalue weighted by Crippen LogP contribution is -1.97. The van der Waals surface area contributed by atoms with Gasteiger partial charge in [0.15, 0.2) is 0 Å². The molecule has 8 heteroatoms. The molecular formula is C21H16N6OS. The van der Waals surface area contributed by atoms with Gasteiger partial charge in [-0.3, -0.25) is 0 Å². The van der Waals surface area contributed by atoms with E-state index in [1.807, 2.05) is 62.4 Å². The van der Waals surface area contributed by atoms with Crippen molar-refractivity contribution in [2.45, 2.75) is 24.1 Å². The van der Waals surface area contributed by atoms with Crippen molar-refractivity contribution in [3.8, 4) is 22.7 Å². The lowest BCUT2D eigenvalue weighted by molar-refractivity contribution is 0.465. The van der Waals surface area contributed by atoms with Gasteiger partial charge in [0.05, 0.1) is 5.69 Å². The summed E-state index contributed by atoms with van der Waals surface area (Å²) in [5, 5.41) is 13.9. The fourth-order valence-corrected chi connectivity index (χ4v) is 3.94. The lowest BCUT2D eigenvalue weighted by Gasteiger charge is -2.05. The Morgan fingerprint density at radius 3 is 2.48 bits per heavy atom. The maximum Gasteiger partial charge on any atom is 0.283 e. The second kappa shape index (κ2) is 7.14. The molecule has 5 rings (SSSR count). The summed E-state index contributed by atoms with van der Waals surface area (Å²) in [6.07, 6.45) is 1.48. The summed E-state index contributed by atoms with van der Waals surface area (Å²) >= 11 is 1.33. The van der Waals surface area contributed by atoms with Gasteiger partial charge in [0.25, 0.3) is 11.0 Å². The third-order valence-electron chi connectivity index (χ3n) is 4.36. The highest BCUT2D eigenvalue weighted by Gasteiger charge is 2.15. The molecule has 29 heavy (non-hydrogen) atoms. The Morgan fingerprint density at radius 1 is 0.897 bits per heavy atom. The molecule has 0 N–H and O–H groups in total. The molecule has 142 valence electrons. The maximum absolute atomic E-state index is 5.91. The SMILES string of the molecule is Cc1cc(C)cc(-c2nnc(Sc3cc(-c4ccccc4)nc4ncnn34)o2)c1. The number of aryl methyl sites for hydroxylation is 2. The van der Waals surface area contributed by atoms with Gasteiger partial charge in [-0.05, 0) is 43.8 Å². The van der Waals surface area contributed by atoms with E-state index in [2.05, 4.69) is 31.3 Å². The van der Waals surface area contributed by atoms with Crippen LogP contribution in [0.25, 0.3) is 28.5 Å². The fraction of sp³-hybridized carbons (Fsp3) is 0.0952. The number of rotatable bonds is 4. The summed E-state index contributed by atoms with van der Waals surface area (Å²) in [6, 6.07) is 18.1. The lowest BCUT2D eigenvalue weighted by atomic mass is 10.1. The largest absolute Gasteiger partial charge is 0.411 e. The first kappa shape index (κ1) is 17.6. The number of fused-ring (bicyclic) bond motifs is 1. The van der Waals surface area contributed by atoms with Gasteiger partial charge >= 0.3 is 0 Å². The van der Waals surface area contributed by atoms with Gasteiger partial charge in [0.2, 0.25) is 5.89 Å². The Labute approximate surface area is 170 Å². The van der Waals surface area contributed by atoms with Crippen molar-refractivity contribution in [2.75, 3.05) is 0 Å². The zero-order chi connectivity index (χ0) is 19.8. The summed E-state index contributed by atoms with van der Waals surface area (Å²) in [5.74, 6) is 1.01.